The van der Waals surface area contributed by atoms with Crippen molar-refractivity contribution < 1.29 is 36.9 Å². The first-order valence-corrected chi connectivity index (χ1v) is 18.1. The summed E-state index contributed by atoms with van der Waals surface area (Å²) in [6.07, 6.45) is 5.30. The molecule has 248 valence electrons. The zero-order chi connectivity index (χ0) is 33.8. The van der Waals surface area contributed by atoms with Crippen molar-refractivity contribution in [3.63, 3.8) is 0 Å². The molecule has 0 saturated carbocycles. The smallest absolute Gasteiger partial charge is 0.247 e. The third-order valence-electron chi connectivity index (χ3n) is 7.11. The normalized spacial score (nSPS) is 16.9. The Morgan fingerprint density at radius 3 is 2.20 bits per heavy atom. The number of phenolic OH excluding ortho intramolecular Hbond substituents is 2. The van der Waals surface area contributed by atoms with Crippen molar-refractivity contribution in [2.75, 3.05) is 26.3 Å². The fourth-order valence-electron chi connectivity index (χ4n) is 4.70. The zero-order valence-corrected chi connectivity index (χ0v) is 28.9. The lowest BCUT2D eigenvalue weighted by atomic mass is 9.87. The Labute approximate surface area is 287 Å². The number of nitrogens with zero attached hydrogens (tertiary/aromatic N) is 1. The minimum atomic E-state index is -4.41. The first-order valence-electron chi connectivity index (χ1n) is 13.7. The van der Waals surface area contributed by atoms with E-state index in [1.165, 1.54) is 16.4 Å². The second kappa shape index (κ2) is 15.1. The van der Waals surface area contributed by atoms with Gasteiger partial charge in [-0.15, -0.1) is 0 Å². The van der Waals surface area contributed by atoms with E-state index in [0.29, 0.717) is 16.9 Å². The van der Waals surface area contributed by atoms with Crippen LogP contribution in [0.4, 0.5) is 0 Å². The molecule has 3 aromatic rings. The molecule has 16 heteroatoms. The van der Waals surface area contributed by atoms with E-state index in [9.17, 15) is 27.0 Å². The van der Waals surface area contributed by atoms with E-state index in [1.807, 2.05) is 13.0 Å². The van der Waals surface area contributed by atoms with Crippen molar-refractivity contribution in [3.8, 4) is 17.2 Å². The van der Waals surface area contributed by atoms with Crippen LogP contribution in [0.5, 0.6) is 17.2 Å². The molecule has 0 saturated heterocycles. The molecular formula is C30H30Cl4N2O8S2. The summed E-state index contributed by atoms with van der Waals surface area (Å²) in [5, 5.41) is 29.6. The van der Waals surface area contributed by atoms with Gasteiger partial charge in [0, 0.05) is 29.7 Å². The number of aliphatic hydroxyl groups excluding tert-OH is 1. The van der Waals surface area contributed by atoms with Crippen LogP contribution in [0.25, 0.3) is 0 Å². The van der Waals surface area contributed by atoms with Crippen molar-refractivity contribution in [2.45, 2.75) is 23.3 Å². The van der Waals surface area contributed by atoms with Gasteiger partial charge in [-0.3, -0.25) is 0 Å². The van der Waals surface area contributed by atoms with Crippen molar-refractivity contribution in [1.82, 2.24) is 9.03 Å². The van der Waals surface area contributed by atoms with Crippen LogP contribution in [0.3, 0.4) is 0 Å². The lowest BCUT2D eigenvalue weighted by Crippen LogP contribution is -2.37. The predicted molar refractivity (Wildman–Crippen MR) is 178 cm³/mol. The molecule has 1 aliphatic rings. The van der Waals surface area contributed by atoms with Crippen LogP contribution in [-0.2, 0) is 26.6 Å². The van der Waals surface area contributed by atoms with E-state index in [0.717, 1.165) is 12.1 Å². The van der Waals surface area contributed by atoms with Crippen LogP contribution in [0.15, 0.2) is 82.1 Å². The van der Waals surface area contributed by atoms with Gasteiger partial charge in [0.1, 0.15) is 22.1 Å². The number of sulfonamides is 2. The molecule has 0 spiro atoms. The Morgan fingerprint density at radius 2 is 1.54 bits per heavy atom. The standard InChI is InChI=1S/C30H30Cl4N2O8S2/c1-18-5-6-19(15-35-45(40,41)27-13-22(31)11-25(33)29(27)38)9-21(18)17-36(16-20-3-2-4-24(10-20)44-8-7-37)46(42,43)28-14-23(32)12-26(34)30(28)39/h2-6,9-14,18,21,35,37-39H,7-8,15-17H2,1H3. The summed E-state index contributed by atoms with van der Waals surface area (Å²) in [4.78, 5) is -0.966. The molecule has 1 aliphatic carbocycles. The fourth-order valence-corrected chi connectivity index (χ4v) is 8.69. The Bertz CT molecular complexity index is 1890. The Kier molecular flexibility index (Phi) is 12.0. The van der Waals surface area contributed by atoms with E-state index in [1.54, 1.807) is 36.4 Å². The van der Waals surface area contributed by atoms with Gasteiger partial charge in [-0.25, -0.2) is 21.6 Å². The molecule has 0 aromatic heterocycles. The second-order valence-electron chi connectivity index (χ2n) is 10.4. The van der Waals surface area contributed by atoms with E-state index >= 15 is 0 Å². The van der Waals surface area contributed by atoms with Crippen LogP contribution >= 0.6 is 46.4 Å². The highest BCUT2D eigenvalue weighted by Gasteiger charge is 2.33. The summed E-state index contributed by atoms with van der Waals surface area (Å²) in [6, 6.07) is 11.3. The summed E-state index contributed by atoms with van der Waals surface area (Å²) in [6.45, 7) is 1.32. The molecule has 10 nitrogen and oxygen atoms in total. The summed E-state index contributed by atoms with van der Waals surface area (Å²) >= 11 is 24.0. The van der Waals surface area contributed by atoms with Crippen molar-refractivity contribution in [3.05, 3.63) is 98.0 Å². The minimum absolute atomic E-state index is 0.0104. The first kappa shape index (κ1) is 36.3. The quantitative estimate of drug-likeness (QED) is 0.166. The van der Waals surface area contributed by atoms with Crippen molar-refractivity contribution in [1.29, 1.82) is 0 Å². The number of rotatable bonds is 13. The van der Waals surface area contributed by atoms with E-state index in [-0.39, 0.29) is 58.9 Å². The number of aliphatic hydroxyl groups is 1. The summed E-state index contributed by atoms with van der Waals surface area (Å²) in [7, 11) is -8.66. The van der Waals surface area contributed by atoms with Crippen LogP contribution in [0.1, 0.15) is 12.5 Å². The predicted octanol–water partition coefficient (Wildman–Crippen LogP) is 6.00. The third kappa shape index (κ3) is 8.68. The number of hydrogen-bond acceptors (Lipinski definition) is 8. The SMILES string of the molecule is CC1C=CC(CNS(=O)(=O)c2cc(Cl)cc(Cl)c2O)=CC1CN(Cc1cccc(OCCO)c1)S(=O)(=O)c1cc(Cl)cc(Cl)c1O. The zero-order valence-electron chi connectivity index (χ0n) is 24.2. The molecule has 0 amide bonds. The van der Waals surface area contributed by atoms with Gasteiger partial charge in [0.25, 0.3) is 0 Å². The van der Waals surface area contributed by atoms with Crippen LogP contribution in [0.2, 0.25) is 20.1 Å². The first-order chi connectivity index (χ1) is 21.6. The largest absolute Gasteiger partial charge is 0.505 e. The molecule has 0 fully saturated rings. The number of phenols is 2. The van der Waals surface area contributed by atoms with Gasteiger partial charge in [0.05, 0.1) is 16.7 Å². The lowest BCUT2D eigenvalue weighted by Gasteiger charge is -2.30. The van der Waals surface area contributed by atoms with Crippen LogP contribution < -0.4 is 9.46 Å². The average molecular weight is 753 g/mol. The van der Waals surface area contributed by atoms with Gasteiger partial charge >= 0.3 is 0 Å². The number of aromatic hydroxyl groups is 2. The number of halogens is 4. The highest BCUT2D eigenvalue weighted by molar-refractivity contribution is 7.89. The van der Waals surface area contributed by atoms with E-state index < -0.39 is 47.3 Å². The van der Waals surface area contributed by atoms with Crippen LogP contribution in [-0.4, -0.2) is 62.8 Å². The van der Waals surface area contributed by atoms with Gasteiger partial charge in [-0.05, 0) is 59.4 Å². The Balaban J connectivity index is 1.65. The van der Waals surface area contributed by atoms with Crippen LogP contribution in [0, 0.1) is 11.8 Å². The van der Waals surface area contributed by atoms with Gasteiger partial charge in [0.15, 0.2) is 11.5 Å². The number of hydrogen-bond donors (Lipinski definition) is 4. The van der Waals surface area contributed by atoms with Gasteiger partial charge in [-0.2, -0.15) is 4.31 Å². The monoisotopic (exact) mass is 750 g/mol. The van der Waals surface area contributed by atoms with Gasteiger partial charge in [-0.1, -0.05) is 83.7 Å². The third-order valence-corrected chi connectivity index (χ3v) is 11.4. The van der Waals surface area contributed by atoms with Crippen molar-refractivity contribution in [2.24, 2.45) is 11.8 Å². The molecular weight excluding hydrogens is 722 g/mol. The van der Waals surface area contributed by atoms with E-state index in [2.05, 4.69) is 4.72 Å². The molecule has 3 aromatic carbocycles. The number of nitrogens with one attached hydrogen (secondary N) is 1. The molecule has 46 heavy (non-hydrogen) atoms. The molecule has 4 N–H and O–H groups in total. The summed E-state index contributed by atoms with van der Waals surface area (Å²) in [5.41, 5.74) is 1.09. The maximum Gasteiger partial charge on any atom is 0.247 e. The Hall–Kier alpha value is -2.52. The molecule has 2 unspecified atom stereocenters. The van der Waals surface area contributed by atoms with Crippen molar-refractivity contribution >= 4 is 66.5 Å². The Morgan fingerprint density at radius 1 is 0.913 bits per heavy atom. The molecule has 0 bridgehead atoms. The van der Waals surface area contributed by atoms with Gasteiger partial charge in [0.2, 0.25) is 20.0 Å². The lowest BCUT2D eigenvalue weighted by molar-refractivity contribution is 0.201. The molecule has 2 atom stereocenters. The minimum Gasteiger partial charge on any atom is -0.505 e. The number of ether oxygens (including phenoxy) is 1. The second-order valence-corrected chi connectivity index (χ2v) is 15.8. The molecule has 0 heterocycles. The maximum atomic E-state index is 14.1. The van der Waals surface area contributed by atoms with Gasteiger partial charge < -0.3 is 20.1 Å². The number of benzene rings is 3. The maximum absolute atomic E-state index is 14.1. The average Bonchev–Trinajstić information content (AvgIpc) is 2.99. The highest BCUT2D eigenvalue weighted by Crippen LogP contribution is 2.38. The summed E-state index contributed by atoms with van der Waals surface area (Å²) < 4.78 is 63.3. The van der Waals surface area contributed by atoms with E-state index in [4.69, 9.17) is 56.2 Å². The summed E-state index contributed by atoms with van der Waals surface area (Å²) in [5.74, 6) is -1.49. The topological polar surface area (TPSA) is 153 Å². The fraction of sp³-hybridized carbons (Fsp3) is 0.267. The highest BCUT2D eigenvalue weighted by atomic mass is 35.5. The molecule has 0 radical (unpaired) electrons. The number of allylic oxidation sites excluding steroid dienone is 1. The molecule has 0 aliphatic heterocycles. The molecule has 4 rings (SSSR count).